The van der Waals surface area contributed by atoms with Gasteiger partial charge in [-0.05, 0) is 32.4 Å². The second-order valence-corrected chi connectivity index (χ2v) is 6.06. The zero-order valence-electron chi connectivity index (χ0n) is 12.0. The minimum absolute atomic E-state index is 0.260. The summed E-state index contributed by atoms with van der Waals surface area (Å²) in [6, 6.07) is 7.81. The largest absolute Gasteiger partial charge is 0.436 e. The molecule has 0 spiro atoms. The maximum absolute atomic E-state index is 12.3. The monoisotopic (exact) mass is 336 g/mol. The third kappa shape index (κ3) is 2.93. The smallest absolute Gasteiger partial charge is 0.289 e. The number of halogens is 1. The Kier molecular flexibility index (Phi) is 3.99. The van der Waals surface area contributed by atoms with E-state index in [0.717, 1.165) is 10.0 Å². The zero-order chi connectivity index (χ0) is 14.9. The first-order valence-electron chi connectivity index (χ1n) is 6.33. The van der Waals surface area contributed by atoms with Gasteiger partial charge in [-0.15, -0.1) is 0 Å². The van der Waals surface area contributed by atoms with E-state index in [1.807, 2.05) is 38.1 Å². The van der Waals surface area contributed by atoms with Gasteiger partial charge in [0.15, 0.2) is 5.89 Å². The predicted octanol–water partition coefficient (Wildman–Crippen LogP) is 3.72. The van der Waals surface area contributed by atoms with Crippen LogP contribution in [0.15, 0.2) is 33.2 Å². The number of aromatic nitrogens is 1. The van der Waals surface area contributed by atoms with Crippen LogP contribution in [0, 0.1) is 13.8 Å². The van der Waals surface area contributed by atoms with Crippen LogP contribution in [-0.4, -0.2) is 10.9 Å². The van der Waals surface area contributed by atoms with Gasteiger partial charge in [-0.2, -0.15) is 0 Å². The van der Waals surface area contributed by atoms with Gasteiger partial charge in [0.2, 0.25) is 5.76 Å². The van der Waals surface area contributed by atoms with Crippen molar-refractivity contribution in [2.75, 3.05) is 0 Å². The number of amides is 1. The van der Waals surface area contributed by atoms with Crippen LogP contribution in [0.3, 0.4) is 0 Å². The molecule has 0 aliphatic heterocycles. The molecule has 4 nitrogen and oxygen atoms in total. The summed E-state index contributed by atoms with van der Waals surface area (Å²) in [5.74, 6) is 0.498. The highest BCUT2D eigenvalue weighted by Gasteiger charge is 2.27. The molecule has 1 N–H and O–H groups in total. The van der Waals surface area contributed by atoms with Crippen molar-refractivity contribution in [1.29, 1.82) is 0 Å². The van der Waals surface area contributed by atoms with E-state index in [1.54, 1.807) is 13.8 Å². The summed E-state index contributed by atoms with van der Waals surface area (Å²) in [7, 11) is 0. The molecule has 106 valence electrons. The van der Waals surface area contributed by atoms with Crippen LogP contribution in [0.4, 0.5) is 0 Å². The van der Waals surface area contributed by atoms with Crippen molar-refractivity contribution in [3.63, 3.8) is 0 Å². The summed E-state index contributed by atoms with van der Waals surface area (Å²) < 4.78 is 6.31. The molecular weight excluding hydrogens is 320 g/mol. The van der Waals surface area contributed by atoms with Crippen molar-refractivity contribution in [1.82, 2.24) is 10.3 Å². The van der Waals surface area contributed by atoms with Gasteiger partial charge in [-0.3, -0.25) is 4.79 Å². The zero-order valence-corrected chi connectivity index (χ0v) is 13.5. The van der Waals surface area contributed by atoms with Gasteiger partial charge in [0.25, 0.3) is 5.91 Å². The van der Waals surface area contributed by atoms with E-state index < -0.39 is 5.54 Å². The number of hydrogen-bond acceptors (Lipinski definition) is 3. The van der Waals surface area contributed by atoms with Gasteiger partial charge in [0.05, 0.1) is 11.2 Å². The summed E-state index contributed by atoms with van der Waals surface area (Å²) in [4.78, 5) is 16.4. The lowest BCUT2D eigenvalue weighted by molar-refractivity contribution is 0.0881. The van der Waals surface area contributed by atoms with Crippen LogP contribution >= 0.6 is 15.9 Å². The highest BCUT2D eigenvalue weighted by atomic mass is 79.9. The van der Waals surface area contributed by atoms with E-state index in [0.29, 0.717) is 11.6 Å². The van der Waals surface area contributed by atoms with Gasteiger partial charge in [-0.25, -0.2) is 4.98 Å². The third-order valence-corrected chi connectivity index (χ3v) is 3.77. The molecule has 20 heavy (non-hydrogen) atoms. The van der Waals surface area contributed by atoms with Gasteiger partial charge in [0, 0.05) is 11.4 Å². The molecule has 0 atom stereocenters. The summed E-state index contributed by atoms with van der Waals surface area (Å²) in [6.07, 6.45) is 0. The Labute approximate surface area is 126 Å². The minimum Gasteiger partial charge on any atom is -0.436 e. The normalized spacial score (nSPS) is 11.4. The Balaban J connectivity index is 2.27. The van der Waals surface area contributed by atoms with E-state index >= 15 is 0 Å². The van der Waals surface area contributed by atoms with E-state index in [2.05, 4.69) is 26.2 Å². The summed E-state index contributed by atoms with van der Waals surface area (Å²) in [6.45, 7) is 7.38. The Morgan fingerprint density at radius 3 is 2.50 bits per heavy atom. The predicted molar refractivity (Wildman–Crippen MR) is 80.6 cm³/mol. The summed E-state index contributed by atoms with van der Waals surface area (Å²) in [5, 5.41) is 2.98. The molecule has 0 saturated carbocycles. The maximum atomic E-state index is 12.3. The molecule has 1 heterocycles. The number of benzene rings is 1. The molecule has 0 saturated heterocycles. The van der Waals surface area contributed by atoms with Crippen molar-refractivity contribution in [3.05, 3.63) is 51.6 Å². The standard InChI is InChI=1S/C15H17BrN2O2/c1-9-13(20-10(2)17-9)14(19)18-15(3,4)11-7-5-6-8-12(11)16/h5-8H,1-4H3,(H,18,19). The number of aryl methyl sites for hydroxylation is 2. The van der Waals surface area contributed by atoms with Crippen molar-refractivity contribution in [2.45, 2.75) is 33.2 Å². The quantitative estimate of drug-likeness (QED) is 0.929. The molecular formula is C15H17BrN2O2. The first-order valence-corrected chi connectivity index (χ1v) is 7.12. The maximum Gasteiger partial charge on any atom is 0.289 e. The van der Waals surface area contributed by atoms with Gasteiger partial charge in [-0.1, -0.05) is 34.1 Å². The summed E-state index contributed by atoms with van der Waals surface area (Å²) in [5.41, 5.74) is 1.08. The lowest BCUT2D eigenvalue weighted by Crippen LogP contribution is -2.41. The number of rotatable bonds is 3. The second-order valence-electron chi connectivity index (χ2n) is 5.21. The Bertz CT molecular complexity index is 647. The van der Waals surface area contributed by atoms with Crippen molar-refractivity contribution >= 4 is 21.8 Å². The average molecular weight is 337 g/mol. The minimum atomic E-state index is -0.524. The average Bonchev–Trinajstić information content (AvgIpc) is 2.68. The molecule has 0 bridgehead atoms. The fourth-order valence-electron chi connectivity index (χ4n) is 2.12. The van der Waals surface area contributed by atoms with Gasteiger partial charge >= 0.3 is 0 Å². The van der Waals surface area contributed by atoms with Crippen LogP contribution in [0.1, 0.15) is 41.6 Å². The van der Waals surface area contributed by atoms with Crippen molar-refractivity contribution in [2.24, 2.45) is 0 Å². The number of nitrogens with zero attached hydrogens (tertiary/aromatic N) is 1. The van der Waals surface area contributed by atoms with E-state index in [4.69, 9.17) is 4.42 Å². The van der Waals surface area contributed by atoms with Crippen LogP contribution in [0.25, 0.3) is 0 Å². The van der Waals surface area contributed by atoms with Gasteiger partial charge < -0.3 is 9.73 Å². The lowest BCUT2D eigenvalue weighted by atomic mass is 9.94. The van der Waals surface area contributed by atoms with E-state index in [9.17, 15) is 4.79 Å². The molecule has 2 rings (SSSR count). The third-order valence-electron chi connectivity index (χ3n) is 3.08. The van der Waals surface area contributed by atoms with Crippen molar-refractivity contribution in [3.8, 4) is 0 Å². The number of carbonyl (C=O) groups is 1. The van der Waals surface area contributed by atoms with Crippen LogP contribution < -0.4 is 5.32 Å². The second kappa shape index (κ2) is 5.40. The number of carbonyl (C=O) groups excluding carboxylic acids is 1. The first kappa shape index (κ1) is 14.8. The molecule has 1 aromatic heterocycles. The van der Waals surface area contributed by atoms with E-state index in [1.165, 1.54) is 0 Å². The number of hydrogen-bond donors (Lipinski definition) is 1. The van der Waals surface area contributed by atoms with E-state index in [-0.39, 0.29) is 11.7 Å². The Morgan fingerprint density at radius 1 is 1.30 bits per heavy atom. The highest BCUT2D eigenvalue weighted by molar-refractivity contribution is 9.10. The molecule has 0 unspecified atom stereocenters. The summed E-state index contributed by atoms with van der Waals surface area (Å²) >= 11 is 3.51. The Hall–Kier alpha value is -1.62. The van der Waals surface area contributed by atoms with Crippen LogP contribution in [-0.2, 0) is 5.54 Å². The Morgan fingerprint density at radius 2 is 1.95 bits per heavy atom. The molecule has 0 fully saturated rings. The van der Waals surface area contributed by atoms with Crippen molar-refractivity contribution < 1.29 is 9.21 Å². The first-order chi connectivity index (χ1) is 9.31. The van der Waals surface area contributed by atoms with Crippen LogP contribution in [0.5, 0.6) is 0 Å². The molecule has 0 aliphatic rings. The topological polar surface area (TPSA) is 55.1 Å². The van der Waals surface area contributed by atoms with Crippen LogP contribution in [0.2, 0.25) is 0 Å². The molecule has 1 aromatic carbocycles. The molecule has 2 aromatic rings. The number of nitrogens with one attached hydrogen (secondary N) is 1. The molecule has 0 aliphatic carbocycles. The SMILES string of the molecule is Cc1nc(C)c(C(=O)NC(C)(C)c2ccccc2Br)o1. The highest BCUT2D eigenvalue weighted by Crippen LogP contribution is 2.28. The molecule has 1 amide bonds. The molecule has 5 heteroatoms. The molecule has 0 radical (unpaired) electrons. The van der Waals surface area contributed by atoms with Gasteiger partial charge in [0.1, 0.15) is 0 Å². The fourth-order valence-corrected chi connectivity index (χ4v) is 2.90. The lowest BCUT2D eigenvalue weighted by Gasteiger charge is -2.27. The fraction of sp³-hybridized carbons (Fsp3) is 0.333. The number of oxazole rings is 1.